The lowest BCUT2D eigenvalue weighted by atomic mass is 10.1. The Labute approximate surface area is 170 Å². The zero-order chi connectivity index (χ0) is 21.4. The molecular formula is C22H17N3O5. The molecule has 0 aliphatic heterocycles. The van der Waals surface area contributed by atoms with Crippen molar-refractivity contribution in [3.63, 3.8) is 0 Å². The van der Waals surface area contributed by atoms with Gasteiger partial charge in [-0.1, -0.05) is 12.1 Å². The molecule has 8 nitrogen and oxygen atoms in total. The van der Waals surface area contributed by atoms with Crippen LogP contribution in [-0.4, -0.2) is 26.3 Å². The average molecular weight is 403 g/mol. The van der Waals surface area contributed by atoms with Gasteiger partial charge in [0.25, 0.3) is 5.69 Å². The number of aliphatic imine (C=N–C) groups is 1. The van der Waals surface area contributed by atoms with Crippen LogP contribution in [0, 0.1) is 24.0 Å². The van der Waals surface area contributed by atoms with Gasteiger partial charge in [-0.3, -0.25) is 15.1 Å². The van der Waals surface area contributed by atoms with Crippen molar-refractivity contribution < 1.29 is 19.6 Å². The Balaban J connectivity index is 1.74. The third-order valence-electron chi connectivity index (χ3n) is 4.71. The largest absolute Gasteiger partial charge is 0.507 e. The smallest absolute Gasteiger partial charge is 0.270 e. The molecule has 0 amide bonds. The van der Waals surface area contributed by atoms with E-state index in [1.165, 1.54) is 24.4 Å². The standard InChI is InChI=1S/C22H17N3O5/c1-12-4-3-5-19-20(12)24-22(30-19)17-10-15(6-7-18(17)26)23-11-14-9-16(25(28)29)8-13(2)21(14)27/h3-11,26-27H,1-2H3. The van der Waals surface area contributed by atoms with E-state index in [2.05, 4.69) is 9.98 Å². The number of rotatable bonds is 4. The summed E-state index contributed by atoms with van der Waals surface area (Å²) in [6.07, 6.45) is 1.34. The number of aromatic hydroxyl groups is 2. The fourth-order valence-electron chi connectivity index (χ4n) is 3.11. The number of phenols is 2. The summed E-state index contributed by atoms with van der Waals surface area (Å²) < 4.78 is 5.77. The summed E-state index contributed by atoms with van der Waals surface area (Å²) in [6, 6.07) is 12.7. The number of non-ortho nitro benzene ring substituents is 1. The first-order valence-corrected chi connectivity index (χ1v) is 9.05. The molecule has 4 aromatic rings. The van der Waals surface area contributed by atoms with E-state index in [4.69, 9.17) is 4.42 Å². The predicted molar refractivity (Wildman–Crippen MR) is 113 cm³/mol. The van der Waals surface area contributed by atoms with Crippen LogP contribution in [-0.2, 0) is 0 Å². The van der Waals surface area contributed by atoms with Gasteiger partial charge in [0.2, 0.25) is 5.89 Å². The SMILES string of the molecule is Cc1cc([N+](=O)[O-])cc(C=Nc2ccc(O)c(-c3nc4c(C)cccc4o3)c2)c1O. The summed E-state index contributed by atoms with van der Waals surface area (Å²) in [7, 11) is 0. The maximum Gasteiger partial charge on any atom is 0.270 e. The minimum absolute atomic E-state index is 0.0211. The second-order valence-corrected chi connectivity index (χ2v) is 6.86. The minimum Gasteiger partial charge on any atom is -0.507 e. The first-order chi connectivity index (χ1) is 14.3. The average Bonchev–Trinajstić information content (AvgIpc) is 3.15. The highest BCUT2D eigenvalue weighted by Gasteiger charge is 2.15. The number of fused-ring (bicyclic) bond motifs is 1. The maximum atomic E-state index is 11.1. The molecule has 0 saturated carbocycles. The number of hydrogen-bond acceptors (Lipinski definition) is 7. The number of oxazole rings is 1. The molecule has 0 atom stereocenters. The number of aryl methyl sites for hydroxylation is 2. The van der Waals surface area contributed by atoms with Crippen LogP contribution in [0.2, 0.25) is 0 Å². The van der Waals surface area contributed by atoms with E-state index in [1.807, 2.05) is 19.1 Å². The lowest BCUT2D eigenvalue weighted by Gasteiger charge is -2.04. The Hall–Kier alpha value is -4.20. The highest BCUT2D eigenvalue weighted by molar-refractivity contribution is 5.88. The summed E-state index contributed by atoms with van der Waals surface area (Å²) in [6.45, 7) is 3.50. The van der Waals surface area contributed by atoms with Gasteiger partial charge in [0, 0.05) is 23.9 Å². The van der Waals surface area contributed by atoms with E-state index in [0.717, 1.165) is 5.56 Å². The van der Waals surface area contributed by atoms with Crippen molar-refractivity contribution in [2.45, 2.75) is 13.8 Å². The number of para-hydroxylation sites is 1. The Bertz CT molecular complexity index is 1320. The van der Waals surface area contributed by atoms with Gasteiger partial charge in [0.1, 0.15) is 17.0 Å². The number of benzene rings is 3. The maximum absolute atomic E-state index is 11.1. The van der Waals surface area contributed by atoms with Crippen molar-refractivity contribution >= 4 is 28.7 Å². The van der Waals surface area contributed by atoms with Gasteiger partial charge < -0.3 is 14.6 Å². The van der Waals surface area contributed by atoms with Crippen molar-refractivity contribution in [1.82, 2.24) is 4.98 Å². The topological polar surface area (TPSA) is 122 Å². The van der Waals surface area contributed by atoms with Crippen LogP contribution in [0.4, 0.5) is 11.4 Å². The third-order valence-corrected chi connectivity index (χ3v) is 4.71. The fraction of sp³-hybridized carbons (Fsp3) is 0.0909. The fourth-order valence-corrected chi connectivity index (χ4v) is 3.11. The molecule has 0 unspecified atom stereocenters. The lowest BCUT2D eigenvalue weighted by molar-refractivity contribution is -0.384. The van der Waals surface area contributed by atoms with Crippen LogP contribution in [0.5, 0.6) is 11.5 Å². The van der Waals surface area contributed by atoms with E-state index in [9.17, 15) is 20.3 Å². The van der Waals surface area contributed by atoms with Gasteiger partial charge in [0.05, 0.1) is 16.2 Å². The molecule has 1 heterocycles. The molecular weight excluding hydrogens is 386 g/mol. The number of nitro groups is 1. The van der Waals surface area contributed by atoms with Crippen LogP contribution < -0.4 is 0 Å². The van der Waals surface area contributed by atoms with Gasteiger partial charge in [-0.15, -0.1) is 0 Å². The zero-order valence-electron chi connectivity index (χ0n) is 16.2. The zero-order valence-corrected chi connectivity index (χ0v) is 16.2. The molecule has 8 heteroatoms. The van der Waals surface area contributed by atoms with Crippen LogP contribution in [0.1, 0.15) is 16.7 Å². The Kier molecular flexibility index (Phi) is 4.67. The minimum atomic E-state index is -0.530. The Morgan fingerprint density at radius 1 is 1.10 bits per heavy atom. The van der Waals surface area contributed by atoms with Crippen molar-refractivity contribution in [3.05, 3.63) is 75.3 Å². The van der Waals surface area contributed by atoms with Crippen LogP contribution >= 0.6 is 0 Å². The molecule has 0 spiro atoms. The monoisotopic (exact) mass is 403 g/mol. The van der Waals surface area contributed by atoms with Crippen LogP contribution in [0.3, 0.4) is 0 Å². The summed E-state index contributed by atoms with van der Waals surface area (Å²) in [5.41, 5.74) is 3.53. The molecule has 0 bridgehead atoms. The summed E-state index contributed by atoms with van der Waals surface area (Å²) in [5.74, 6) is 0.146. The summed E-state index contributed by atoms with van der Waals surface area (Å²) >= 11 is 0. The first-order valence-electron chi connectivity index (χ1n) is 9.05. The molecule has 0 radical (unpaired) electrons. The molecule has 4 rings (SSSR count). The van der Waals surface area contributed by atoms with E-state index in [-0.39, 0.29) is 28.6 Å². The van der Waals surface area contributed by atoms with Gasteiger partial charge >= 0.3 is 0 Å². The summed E-state index contributed by atoms with van der Waals surface area (Å²) in [4.78, 5) is 19.3. The van der Waals surface area contributed by atoms with E-state index in [1.54, 1.807) is 25.1 Å². The highest BCUT2D eigenvalue weighted by Crippen LogP contribution is 2.35. The predicted octanol–water partition coefficient (Wildman–Crippen LogP) is 5.18. The molecule has 30 heavy (non-hydrogen) atoms. The second kappa shape index (κ2) is 7.32. The second-order valence-electron chi connectivity index (χ2n) is 6.86. The van der Waals surface area contributed by atoms with Gasteiger partial charge in [0.15, 0.2) is 5.58 Å². The molecule has 150 valence electrons. The Morgan fingerprint density at radius 2 is 1.90 bits per heavy atom. The molecule has 0 fully saturated rings. The number of hydrogen-bond donors (Lipinski definition) is 2. The molecule has 0 saturated heterocycles. The number of nitro benzene ring substituents is 1. The van der Waals surface area contributed by atoms with Crippen molar-refractivity contribution in [1.29, 1.82) is 0 Å². The van der Waals surface area contributed by atoms with Crippen molar-refractivity contribution in [2.24, 2.45) is 4.99 Å². The molecule has 1 aromatic heterocycles. The molecule has 3 aromatic carbocycles. The molecule has 0 aliphatic rings. The lowest BCUT2D eigenvalue weighted by Crippen LogP contribution is -1.93. The molecule has 2 N–H and O–H groups in total. The Morgan fingerprint density at radius 3 is 2.63 bits per heavy atom. The first kappa shape index (κ1) is 19.1. The highest BCUT2D eigenvalue weighted by atomic mass is 16.6. The van der Waals surface area contributed by atoms with Gasteiger partial charge in [-0.25, -0.2) is 4.98 Å². The van der Waals surface area contributed by atoms with E-state index >= 15 is 0 Å². The van der Waals surface area contributed by atoms with E-state index in [0.29, 0.717) is 27.9 Å². The number of aromatic nitrogens is 1. The third kappa shape index (κ3) is 3.46. The van der Waals surface area contributed by atoms with Gasteiger partial charge in [-0.05, 0) is 49.2 Å². The van der Waals surface area contributed by atoms with Crippen LogP contribution in [0.15, 0.2) is 57.9 Å². The van der Waals surface area contributed by atoms with Crippen LogP contribution in [0.25, 0.3) is 22.6 Å². The van der Waals surface area contributed by atoms with Crippen molar-refractivity contribution in [3.8, 4) is 23.0 Å². The quantitative estimate of drug-likeness (QED) is 0.275. The van der Waals surface area contributed by atoms with E-state index < -0.39 is 4.92 Å². The number of phenolic OH excluding ortho intramolecular Hbond substituents is 2. The molecule has 0 aliphatic carbocycles. The van der Waals surface area contributed by atoms with Crippen molar-refractivity contribution in [2.75, 3.05) is 0 Å². The normalized spacial score (nSPS) is 11.4. The van der Waals surface area contributed by atoms with Gasteiger partial charge in [-0.2, -0.15) is 0 Å². The summed E-state index contributed by atoms with van der Waals surface area (Å²) in [5, 5.41) is 31.5. The number of nitrogens with zero attached hydrogens (tertiary/aromatic N) is 3.